The van der Waals surface area contributed by atoms with Gasteiger partial charge in [-0.25, -0.2) is 4.39 Å². The number of carbonyl (C=O) groups is 1. The molecule has 1 aliphatic heterocycles. The Balaban J connectivity index is 1.93. The van der Waals surface area contributed by atoms with Crippen LogP contribution < -0.4 is 10.8 Å². The standard InChI is InChI=1S/C21H23BFNO3/c1-13-18(23)12-11-17-19(13)24-20(25)21(17,14-5-3-2-4-6-14)15-7-9-16(10-8-15)22(26)27/h7-12,14,26-27H,2-6H2,1H3,(H,24,25)/t21-/m1/s1. The second-order valence-corrected chi connectivity index (χ2v) is 7.69. The van der Waals surface area contributed by atoms with Gasteiger partial charge in [-0.2, -0.15) is 0 Å². The fraction of sp³-hybridized carbons (Fsp3) is 0.381. The van der Waals surface area contributed by atoms with Gasteiger partial charge >= 0.3 is 7.12 Å². The molecule has 1 aliphatic carbocycles. The molecule has 140 valence electrons. The lowest BCUT2D eigenvalue weighted by molar-refractivity contribution is -0.121. The number of anilines is 1. The van der Waals surface area contributed by atoms with Crippen molar-refractivity contribution in [2.75, 3.05) is 5.32 Å². The van der Waals surface area contributed by atoms with Crippen LogP contribution in [0.2, 0.25) is 0 Å². The molecule has 1 heterocycles. The number of carbonyl (C=O) groups excluding carboxylic acids is 1. The topological polar surface area (TPSA) is 69.6 Å². The molecule has 2 aromatic rings. The summed E-state index contributed by atoms with van der Waals surface area (Å²) in [5.74, 6) is -0.315. The van der Waals surface area contributed by atoms with E-state index in [4.69, 9.17) is 0 Å². The number of benzene rings is 2. The molecule has 6 heteroatoms. The predicted molar refractivity (Wildman–Crippen MR) is 103 cm³/mol. The number of halogens is 1. The minimum atomic E-state index is -1.55. The van der Waals surface area contributed by atoms with Gasteiger partial charge in [0, 0.05) is 5.56 Å². The van der Waals surface area contributed by atoms with Crippen LogP contribution in [0.4, 0.5) is 10.1 Å². The molecule has 0 aromatic heterocycles. The first-order chi connectivity index (χ1) is 13.0. The quantitative estimate of drug-likeness (QED) is 0.731. The van der Waals surface area contributed by atoms with Gasteiger partial charge in [0.2, 0.25) is 5.91 Å². The molecule has 0 radical (unpaired) electrons. The van der Waals surface area contributed by atoms with Gasteiger partial charge in [0.25, 0.3) is 0 Å². The molecule has 0 unspecified atom stereocenters. The Labute approximate surface area is 158 Å². The van der Waals surface area contributed by atoms with Crippen LogP contribution in [-0.4, -0.2) is 23.1 Å². The van der Waals surface area contributed by atoms with Crippen LogP contribution >= 0.6 is 0 Å². The van der Waals surface area contributed by atoms with Crippen molar-refractivity contribution in [2.45, 2.75) is 44.4 Å². The first-order valence-electron chi connectivity index (χ1n) is 9.54. The van der Waals surface area contributed by atoms with Crippen LogP contribution in [0.5, 0.6) is 0 Å². The Kier molecular flexibility index (Phi) is 4.56. The second-order valence-electron chi connectivity index (χ2n) is 7.69. The summed E-state index contributed by atoms with van der Waals surface area (Å²) in [5, 5.41) is 21.8. The summed E-state index contributed by atoms with van der Waals surface area (Å²) in [5.41, 5.74) is 2.20. The molecule has 1 saturated carbocycles. The van der Waals surface area contributed by atoms with Gasteiger partial charge in [-0.3, -0.25) is 4.79 Å². The summed E-state index contributed by atoms with van der Waals surface area (Å²) in [6.07, 6.45) is 5.19. The summed E-state index contributed by atoms with van der Waals surface area (Å²) in [6, 6.07) is 10.1. The van der Waals surface area contributed by atoms with Crippen molar-refractivity contribution in [1.82, 2.24) is 0 Å². The van der Waals surface area contributed by atoms with E-state index in [-0.39, 0.29) is 17.6 Å². The average Bonchev–Trinajstić information content (AvgIpc) is 2.99. The molecule has 1 atom stereocenters. The summed E-state index contributed by atoms with van der Waals surface area (Å²) in [4.78, 5) is 13.4. The van der Waals surface area contributed by atoms with Crippen molar-refractivity contribution in [3.05, 3.63) is 58.9 Å². The zero-order chi connectivity index (χ0) is 19.2. The van der Waals surface area contributed by atoms with Gasteiger partial charge in [0.15, 0.2) is 0 Å². The van der Waals surface area contributed by atoms with Gasteiger partial charge in [0.05, 0.1) is 5.69 Å². The smallest absolute Gasteiger partial charge is 0.423 e. The molecule has 0 bridgehead atoms. The molecular weight excluding hydrogens is 344 g/mol. The molecule has 1 fully saturated rings. The maximum atomic E-state index is 14.1. The Morgan fingerprint density at radius 1 is 1.07 bits per heavy atom. The molecule has 27 heavy (non-hydrogen) atoms. The SMILES string of the molecule is Cc1c(F)ccc2c1NC(=O)[C@@]2(c1ccc(B(O)O)cc1)C1CCCCC1. The Morgan fingerprint density at radius 2 is 1.74 bits per heavy atom. The molecule has 4 nitrogen and oxygen atoms in total. The third-order valence-electron chi connectivity index (χ3n) is 6.30. The van der Waals surface area contributed by atoms with Crippen molar-refractivity contribution in [3.8, 4) is 0 Å². The monoisotopic (exact) mass is 367 g/mol. The Morgan fingerprint density at radius 3 is 2.37 bits per heavy atom. The highest BCUT2D eigenvalue weighted by Crippen LogP contribution is 2.52. The van der Waals surface area contributed by atoms with Crippen LogP contribution in [0, 0.1) is 18.7 Å². The van der Waals surface area contributed by atoms with Gasteiger partial charge in [-0.15, -0.1) is 0 Å². The largest absolute Gasteiger partial charge is 0.488 e. The van der Waals surface area contributed by atoms with E-state index >= 15 is 0 Å². The van der Waals surface area contributed by atoms with E-state index in [1.807, 2.05) is 0 Å². The van der Waals surface area contributed by atoms with Crippen molar-refractivity contribution < 1.29 is 19.2 Å². The number of nitrogens with one attached hydrogen (secondary N) is 1. The van der Waals surface area contributed by atoms with Gasteiger partial charge in [0.1, 0.15) is 11.2 Å². The first kappa shape index (κ1) is 18.2. The number of rotatable bonds is 3. The lowest BCUT2D eigenvalue weighted by atomic mass is 9.61. The summed E-state index contributed by atoms with van der Waals surface area (Å²) >= 11 is 0. The van der Waals surface area contributed by atoms with Crippen LogP contribution in [-0.2, 0) is 10.2 Å². The number of hydrogen-bond donors (Lipinski definition) is 3. The molecule has 0 saturated heterocycles. The van der Waals surface area contributed by atoms with Crippen molar-refractivity contribution in [1.29, 1.82) is 0 Å². The van der Waals surface area contributed by atoms with E-state index in [0.29, 0.717) is 16.7 Å². The third kappa shape index (κ3) is 2.70. The number of fused-ring (bicyclic) bond motifs is 1. The van der Waals surface area contributed by atoms with E-state index in [1.165, 1.54) is 12.5 Å². The summed E-state index contributed by atoms with van der Waals surface area (Å²) < 4.78 is 14.1. The van der Waals surface area contributed by atoms with E-state index in [2.05, 4.69) is 5.32 Å². The van der Waals surface area contributed by atoms with Crippen molar-refractivity contribution in [2.24, 2.45) is 5.92 Å². The Bertz CT molecular complexity index is 878. The molecule has 2 aliphatic rings. The number of amides is 1. The molecule has 1 amide bonds. The maximum Gasteiger partial charge on any atom is 0.488 e. The molecular formula is C21H23BFNO3. The molecule has 4 rings (SSSR count). The Hall–Kier alpha value is -2.18. The highest BCUT2D eigenvalue weighted by Gasteiger charge is 2.54. The lowest BCUT2D eigenvalue weighted by Gasteiger charge is -2.39. The zero-order valence-corrected chi connectivity index (χ0v) is 15.3. The van der Waals surface area contributed by atoms with Crippen LogP contribution in [0.1, 0.15) is 48.8 Å². The van der Waals surface area contributed by atoms with E-state index in [0.717, 1.165) is 36.8 Å². The minimum absolute atomic E-state index is 0.115. The maximum absolute atomic E-state index is 14.1. The fourth-order valence-corrected chi connectivity index (χ4v) is 4.89. The molecule has 2 aromatic carbocycles. The van der Waals surface area contributed by atoms with Gasteiger partial charge in [-0.05, 0) is 48.3 Å². The normalized spacial score (nSPS) is 22.4. The second kappa shape index (κ2) is 6.77. The minimum Gasteiger partial charge on any atom is -0.423 e. The van der Waals surface area contributed by atoms with Gasteiger partial charge < -0.3 is 15.4 Å². The van der Waals surface area contributed by atoms with Crippen molar-refractivity contribution >= 4 is 24.2 Å². The van der Waals surface area contributed by atoms with Crippen LogP contribution in [0.25, 0.3) is 0 Å². The third-order valence-corrected chi connectivity index (χ3v) is 6.30. The fourth-order valence-electron chi connectivity index (χ4n) is 4.89. The van der Waals surface area contributed by atoms with E-state index in [1.54, 1.807) is 37.3 Å². The van der Waals surface area contributed by atoms with Gasteiger partial charge in [-0.1, -0.05) is 49.6 Å². The zero-order valence-electron chi connectivity index (χ0n) is 15.3. The highest BCUT2D eigenvalue weighted by molar-refractivity contribution is 6.58. The summed E-state index contributed by atoms with van der Waals surface area (Å²) in [7, 11) is -1.55. The van der Waals surface area contributed by atoms with Crippen molar-refractivity contribution in [3.63, 3.8) is 0 Å². The summed E-state index contributed by atoms with van der Waals surface area (Å²) in [6.45, 7) is 1.69. The van der Waals surface area contributed by atoms with E-state index in [9.17, 15) is 19.2 Å². The van der Waals surface area contributed by atoms with Crippen LogP contribution in [0.15, 0.2) is 36.4 Å². The van der Waals surface area contributed by atoms with E-state index < -0.39 is 12.5 Å². The van der Waals surface area contributed by atoms with Crippen LogP contribution in [0.3, 0.4) is 0 Å². The average molecular weight is 367 g/mol. The highest BCUT2D eigenvalue weighted by atomic mass is 19.1. The molecule has 3 N–H and O–H groups in total. The lowest BCUT2D eigenvalue weighted by Crippen LogP contribution is -2.44. The predicted octanol–water partition coefficient (Wildman–Crippen LogP) is 2.63. The molecule has 0 spiro atoms. The number of hydrogen-bond acceptors (Lipinski definition) is 3. The first-order valence-corrected chi connectivity index (χ1v) is 9.54.